The summed E-state index contributed by atoms with van der Waals surface area (Å²) in [7, 11) is -2.94. The molecule has 5 heteroatoms. The molecule has 3 nitrogen and oxygen atoms in total. The van der Waals surface area contributed by atoms with Gasteiger partial charge in [-0.1, -0.05) is 17.7 Å². The fourth-order valence-corrected chi connectivity index (χ4v) is 1.19. The molecule has 0 aliphatic rings. The second kappa shape index (κ2) is 6.12. The molecule has 80 valence electrons. The number of hydrogen-bond donors (Lipinski definition) is 1. The molecule has 0 fully saturated rings. The van der Waals surface area contributed by atoms with Gasteiger partial charge in [0, 0.05) is 0 Å². The van der Waals surface area contributed by atoms with E-state index in [9.17, 15) is 8.42 Å². The van der Waals surface area contributed by atoms with Gasteiger partial charge in [0.05, 0.1) is 4.90 Å². The van der Waals surface area contributed by atoms with E-state index in [4.69, 9.17) is 4.55 Å². The van der Waals surface area contributed by atoms with E-state index in [1.807, 2.05) is 6.92 Å². The van der Waals surface area contributed by atoms with E-state index in [2.05, 4.69) is 13.3 Å². The van der Waals surface area contributed by atoms with E-state index in [1.165, 1.54) is 12.1 Å². The Morgan fingerprint density at radius 2 is 1.50 bits per heavy atom. The minimum atomic E-state index is -4.02. The Morgan fingerprint density at radius 3 is 1.79 bits per heavy atom. The van der Waals surface area contributed by atoms with Gasteiger partial charge in [-0.3, -0.25) is 4.55 Å². The topological polar surface area (TPSA) is 54.4 Å². The first kappa shape index (κ1) is 13.6. The van der Waals surface area contributed by atoms with Crippen LogP contribution in [0.1, 0.15) is 5.56 Å². The van der Waals surface area contributed by atoms with E-state index in [1.54, 1.807) is 12.1 Å². The summed E-state index contributed by atoms with van der Waals surface area (Å²) in [5.74, 6) is 0. The highest BCUT2D eigenvalue weighted by Gasteiger charge is 2.06. The fraction of sp³-hybridized carbons (Fsp3) is 0.333. The van der Waals surface area contributed by atoms with Gasteiger partial charge in [-0.2, -0.15) is 8.42 Å². The van der Waals surface area contributed by atoms with E-state index >= 15 is 0 Å². The summed E-state index contributed by atoms with van der Waals surface area (Å²) in [6.45, 7) is 6.15. The monoisotopic (exact) mass is 234 g/mol. The van der Waals surface area contributed by atoms with Crippen molar-refractivity contribution in [3.8, 4) is 0 Å². The van der Waals surface area contributed by atoms with E-state index in [0.29, 0.717) is 0 Å². The van der Waals surface area contributed by atoms with E-state index in [0.717, 1.165) is 14.1 Å². The van der Waals surface area contributed by atoms with Crippen molar-refractivity contribution in [1.29, 1.82) is 0 Å². The van der Waals surface area contributed by atoms with Crippen molar-refractivity contribution in [2.24, 2.45) is 0 Å². The first-order chi connectivity index (χ1) is 6.41. The number of hydrogen-bond acceptors (Lipinski definition) is 2. The van der Waals surface area contributed by atoms with Gasteiger partial charge in [0.15, 0.2) is 0 Å². The molecule has 1 rings (SSSR count). The zero-order chi connectivity index (χ0) is 11.2. The third kappa shape index (κ3) is 5.32. The Bertz CT molecular complexity index is 356. The lowest BCUT2D eigenvalue weighted by Crippen LogP contribution is -1.96. The zero-order valence-corrected chi connectivity index (χ0v) is 10.3. The molecule has 0 aliphatic carbocycles. The number of rotatable bonds is 1. The van der Waals surface area contributed by atoms with Gasteiger partial charge in [-0.25, -0.2) is 0 Å². The van der Waals surface area contributed by atoms with Crippen molar-refractivity contribution >= 4 is 18.7 Å². The Hall–Kier alpha value is -0.440. The molecule has 1 aromatic rings. The molecule has 0 saturated carbocycles. The molecule has 14 heavy (non-hydrogen) atoms. The highest BCUT2D eigenvalue weighted by Crippen LogP contribution is 2.08. The molecule has 0 atom stereocenters. The van der Waals surface area contributed by atoms with Crippen LogP contribution in [0.4, 0.5) is 0 Å². The fourth-order valence-electron chi connectivity index (χ4n) is 0.710. The third-order valence-electron chi connectivity index (χ3n) is 1.32. The second-order valence-electron chi connectivity index (χ2n) is 2.79. The molecule has 0 aromatic heterocycles. The van der Waals surface area contributed by atoms with Crippen molar-refractivity contribution in [1.82, 2.24) is 0 Å². The lowest BCUT2D eigenvalue weighted by atomic mass is 10.2. The van der Waals surface area contributed by atoms with Gasteiger partial charge in [0.2, 0.25) is 0 Å². The van der Waals surface area contributed by atoms with Crippen LogP contribution >= 0.6 is 8.58 Å². The number of benzene rings is 1. The highest BCUT2D eigenvalue weighted by atomic mass is 32.2. The Labute approximate surface area is 87.1 Å². The molecule has 1 aromatic carbocycles. The molecule has 0 saturated heterocycles. The van der Waals surface area contributed by atoms with Crippen molar-refractivity contribution < 1.29 is 13.0 Å². The Morgan fingerprint density at radius 1 is 1.14 bits per heavy atom. The summed E-state index contributed by atoms with van der Waals surface area (Å²) in [5.41, 5.74) is 0.956. The summed E-state index contributed by atoms with van der Waals surface area (Å²) in [5, 5.41) is 0. The molecule has 0 radical (unpaired) electrons. The Kier molecular flexibility index (Phi) is 5.93. The Balaban J connectivity index is 0.000000500. The quantitative estimate of drug-likeness (QED) is 0.598. The third-order valence-corrected chi connectivity index (χ3v) is 2.19. The average molecular weight is 234 g/mol. The van der Waals surface area contributed by atoms with Crippen LogP contribution in [-0.2, 0) is 10.1 Å². The predicted octanol–water partition coefficient (Wildman–Crippen LogP) is 2.17. The van der Waals surface area contributed by atoms with Crippen LogP contribution in [0.5, 0.6) is 0 Å². The molecule has 0 heterocycles. The lowest BCUT2D eigenvalue weighted by Gasteiger charge is -1.95. The van der Waals surface area contributed by atoms with Crippen molar-refractivity contribution in [2.45, 2.75) is 11.8 Å². The van der Waals surface area contributed by atoms with Crippen LogP contribution < -0.4 is 0 Å². The van der Waals surface area contributed by atoms with Crippen molar-refractivity contribution in [3.05, 3.63) is 29.8 Å². The molecular formula is C9H15O3PS. The molecular weight excluding hydrogens is 219 g/mol. The largest absolute Gasteiger partial charge is 0.294 e. The van der Waals surface area contributed by atoms with Crippen LogP contribution in [-0.4, -0.2) is 26.3 Å². The first-order valence-electron chi connectivity index (χ1n) is 4.04. The summed E-state index contributed by atoms with van der Waals surface area (Å²) < 4.78 is 29.6. The van der Waals surface area contributed by atoms with E-state index < -0.39 is 10.1 Å². The summed E-state index contributed by atoms with van der Waals surface area (Å²) in [6.07, 6.45) is 0. The zero-order valence-electron chi connectivity index (χ0n) is 8.48. The van der Waals surface area contributed by atoms with Gasteiger partial charge in [0.1, 0.15) is 0 Å². The van der Waals surface area contributed by atoms with Crippen LogP contribution in [0.15, 0.2) is 29.2 Å². The van der Waals surface area contributed by atoms with Crippen LogP contribution in [0, 0.1) is 6.92 Å². The number of aryl methyl sites for hydroxylation is 1. The maximum Gasteiger partial charge on any atom is 0.294 e. The maximum atomic E-state index is 10.5. The molecule has 0 amide bonds. The summed E-state index contributed by atoms with van der Waals surface area (Å²) in [4.78, 5) is -0.0666. The molecule has 0 aliphatic heterocycles. The molecule has 0 unspecified atom stereocenters. The molecule has 0 bridgehead atoms. The minimum absolute atomic E-state index is 0.0666. The second-order valence-corrected chi connectivity index (χ2v) is 5.21. The summed E-state index contributed by atoms with van der Waals surface area (Å²) in [6, 6.07) is 5.99. The smallest absolute Gasteiger partial charge is 0.282 e. The van der Waals surface area contributed by atoms with Crippen molar-refractivity contribution in [2.75, 3.05) is 13.3 Å². The van der Waals surface area contributed by atoms with Crippen molar-refractivity contribution in [3.63, 3.8) is 0 Å². The highest BCUT2D eigenvalue weighted by molar-refractivity contribution is 7.85. The van der Waals surface area contributed by atoms with Crippen LogP contribution in [0.2, 0.25) is 0 Å². The lowest BCUT2D eigenvalue weighted by molar-refractivity contribution is 0.483. The van der Waals surface area contributed by atoms with Gasteiger partial charge in [0.25, 0.3) is 10.1 Å². The average Bonchev–Trinajstić information content (AvgIpc) is 2.04. The first-order valence-corrected chi connectivity index (χ1v) is 7.48. The van der Waals surface area contributed by atoms with Gasteiger partial charge in [-0.15, -0.1) is 8.58 Å². The minimum Gasteiger partial charge on any atom is -0.282 e. The van der Waals surface area contributed by atoms with Gasteiger partial charge >= 0.3 is 0 Å². The maximum absolute atomic E-state index is 10.5. The van der Waals surface area contributed by atoms with Crippen LogP contribution in [0.25, 0.3) is 0 Å². The summed E-state index contributed by atoms with van der Waals surface area (Å²) >= 11 is 0. The van der Waals surface area contributed by atoms with Gasteiger partial charge < -0.3 is 0 Å². The predicted molar refractivity (Wildman–Crippen MR) is 61.2 cm³/mol. The van der Waals surface area contributed by atoms with Gasteiger partial charge in [-0.05, 0) is 32.4 Å². The molecule has 0 spiro atoms. The standard InChI is InChI=1S/C7H8O3S.C2H7P/c1-6-2-4-7(5-3-6)11(8,9)10;1-3-2/h2-5H,1H3,(H,8,9,10);3H,1-2H3. The normalized spacial score (nSPS) is 10.3. The SMILES string of the molecule is CPC.Cc1ccc(S(=O)(=O)O)cc1. The van der Waals surface area contributed by atoms with Crippen LogP contribution in [0.3, 0.4) is 0 Å². The molecule has 1 N–H and O–H groups in total. The van der Waals surface area contributed by atoms with E-state index in [-0.39, 0.29) is 4.90 Å².